The van der Waals surface area contributed by atoms with Gasteiger partial charge < -0.3 is 13.6 Å². The first-order valence-corrected chi connectivity index (χ1v) is 32.6. The summed E-state index contributed by atoms with van der Waals surface area (Å²) in [5.41, 5.74) is 11.2. The molecule has 0 bridgehead atoms. The Bertz CT molecular complexity index is 4990. The molecule has 0 spiro atoms. The lowest BCUT2D eigenvalue weighted by molar-refractivity contribution is 0.669. The molecule has 0 fully saturated rings. The Morgan fingerprint density at radius 3 is 1.33 bits per heavy atom. The van der Waals surface area contributed by atoms with Crippen LogP contribution in [-0.2, 0) is 0 Å². The van der Waals surface area contributed by atoms with E-state index in [4.69, 9.17) is 4.42 Å². The minimum Gasteiger partial charge on any atom is -0.456 e. The molecule has 0 aliphatic heterocycles. The Balaban J connectivity index is 0.909. The van der Waals surface area contributed by atoms with Crippen LogP contribution >= 0.6 is 0 Å². The summed E-state index contributed by atoms with van der Waals surface area (Å²) in [5.74, 6) is 0. The van der Waals surface area contributed by atoms with E-state index in [-0.39, 0.29) is 0 Å². The van der Waals surface area contributed by atoms with Gasteiger partial charge in [-0.1, -0.05) is 267 Å². The maximum Gasteiger partial charge on any atom is 0.180 e. The van der Waals surface area contributed by atoms with Crippen LogP contribution in [-0.4, -0.2) is 25.3 Å². The van der Waals surface area contributed by atoms with Crippen LogP contribution in [0.1, 0.15) is 0 Å². The molecule has 0 unspecified atom stereocenters. The first-order valence-electron chi connectivity index (χ1n) is 28.6. The van der Waals surface area contributed by atoms with E-state index in [0.717, 1.165) is 38.8 Å². The zero-order valence-electron chi connectivity index (χ0n) is 45.5. The van der Waals surface area contributed by atoms with E-state index in [1.54, 1.807) is 0 Å². The van der Waals surface area contributed by atoms with E-state index in [0.29, 0.717) is 0 Å². The predicted octanol–water partition coefficient (Wildman–Crippen LogP) is 14.2. The molecule has 0 radical (unpaired) electrons. The van der Waals surface area contributed by atoms with Gasteiger partial charge in [-0.25, -0.2) is 0 Å². The Labute approximate surface area is 483 Å². The topological polar surface area (TPSA) is 23.0 Å². The normalized spacial score (nSPS) is 12.1. The molecule has 0 atom stereocenters. The molecule has 3 aromatic heterocycles. The fourth-order valence-electron chi connectivity index (χ4n) is 14.1. The summed E-state index contributed by atoms with van der Waals surface area (Å²) in [7, 11) is -6.04. The third-order valence-electron chi connectivity index (χ3n) is 17.6. The van der Waals surface area contributed by atoms with Gasteiger partial charge in [-0.3, -0.25) is 0 Å². The molecule has 0 aliphatic carbocycles. The molecule has 390 valence electrons. The van der Waals surface area contributed by atoms with Crippen molar-refractivity contribution >= 4 is 123 Å². The van der Waals surface area contributed by atoms with Gasteiger partial charge in [0.1, 0.15) is 11.2 Å². The molecule has 0 amide bonds. The van der Waals surface area contributed by atoms with Crippen molar-refractivity contribution < 1.29 is 4.42 Å². The lowest BCUT2D eigenvalue weighted by atomic mass is 10.1. The predicted molar refractivity (Wildman–Crippen MR) is 355 cm³/mol. The van der Waals surface area contributed by atoms with Gasteiger partial charge in [0.25, 0.3) is 0 Å². The van der Waals surface area contributed by atoms with E-state index < -0.39 is 16.1 Å². The van der Waals surface area contributed by atoms with Crippen LogP contribution in [0.5, 0.6) is 0 Å². The fourth-order valence-corrected chi connectivity index (χ4v) is 23.8. The van der Waals surface area contributed by atoms with Gasteiger partial charge in [-0.2, -0.15) is 0 Å². The molecule has 3 nitrogen and oxygen atoms in total. The molecule has 16 rings (SSSR count). The molecule has 0 N–H and O–H groups in total. The van der Waals surface area contributed by atoms with Gasteiger partial charge in [0.15, 0.2) is 16.1 Å². The molecule has 83 heavy (non-hydrogen) atoms. The van der Waals surface area contributed by atoms with Crippen LogP contribution in [0.4, 0.5) is 0 Å². The molecule has 16 aromatic rings. The lowest BCUT2D eigenvalue weighted by Gasteiger charge is -2.35. The molecule has 13 aromatic carbocycles. The van der Waals surface area contributed by atoms with Crippen molar-refractivity contribution in [1.29, 1.82) is 0 Å². The number of furan rings is 1. The van der Waals surface area contributed by atoms with Crippen molar-refractivity contribution in [3.63, 3.8) is 0 Å². The zero-order chi connectivity index (χ0) is 54.9. The second kappa shape index (κ2) is 19.7. The Kier molecular flexibility index (Phi) is 11.6. The van der Waals surface area contributed by atoms with E-state index in [9.17, 15) is 0 Å². The first-order chi connectivity index (χ1) is 41.2. The summed E-state index contributed by atoms with van der Waals surface area (Å²) >= 11 is 0. The number of para-hydroxylation sites is 3. The van der Waals surface area contributed by atoms with Crippen LogP contribution < -0.4 is 41.5 Å². The first kappa shape index (κ1) is 48.6. The highest BCUT2D eigenvalue weighted by Crippen LogP contribution is 2.38. The van der Waals surface area contributed by atoms with E-state index >= 15 is 0 Å². The van der Waals surface area contributed by atoms with Gasteiger partial charge in [0.2, 0.25) is 0 Å². The maximum atomic E-state index is 6.50. The summed E-state index contributed by atoms with van der Waals surface area (Å²) in [4.78, 5) is 0. The summed E-state index contributed by atoms with van der Waals surface area (Å²) < 4.78 is 11.5. The van der Waals surface area contributed by atoms with Crippen molar-refractivity contribution in [3.05, 3.63) is 328 Å². The number of fused-ring (bicyclic) bond motifs is 9. The minimum atomic E-state index is -3.12. The Hall–Kier alpha value is -10.3. The van der Waals surface area contributed by atoms with E-state index in [1.165, 1.54) is 90.7 Å². The summed E-state index contributed by atoms with van der Waals surface area (Å²) in [6, 6.07) is 122. The van der Waals surface area contributed by atoms with Gasteiger partial charge in [0.05, 0.1) is 22.1 Å². The summed E-state index contributed by atoms with van der Waals surface area (Å²) in [5, 5.41) is 17.9. The third kappa shape index (κ3) is 7.55. The van der Waals surface area contributed by atoms with Crippen LogP contribution in [0.3, 0.4) is 0 Å². The highest BCUT2D eigenvalue weighted by atomic mass is 28.3. The van der Waals surface area contributed by atoms with E-state index in [2.05, 4.69) is 337 Å². The molecule has 5 heteroatoms. The highest BCUT2D eigenvalue weighted by Gasteiger charge is 2.44. The molecule has 0 aliphatic rings. The average molecular weight is 1090 g/mol. The smallest absolute Gasteiger partial charge is 0.180 e. The van der Waals surface area contributed by atoms with Crippen LogP contribution in [0.15, 0.2) is 332 Å². The van der Waals surface area contributed by atoms with Gasteiger partial charge in [-0.15, -0.1) is 0 Å². The molecular formula is C78H54N2OSi2. The molecule has 0 saturated heterocycles. The van der Waals surface area contributed by atoms with Crippen molar-refractivity contribution in [2.45, 2.75) is 0 Å². The number of hydrogen-bond donors (Lipinski definition) is 0. The van der Waals surface area contributed by atoms with Crippen molar-refractivity contribution in [2.24, 2.45) is 0 Å². The van der Waals surface area contributed by atoms with Gasteiger partial charge in [0, 0.05) is 43.7 Å². The SMILES string of the molecule is c1ccc(-c2ccc([Si](c3ccccc3)(c3ccccc3)c3cccc(-n4c5ccccc5c5cc(-n6c7ccccc7c7c([Si](c8ccccc8)(c8ccccc8)c8ccc9oc%10ccccc%10c9c8)cccc76)ccc54)c3)cc2)cc1. The maximum absolute atomic E-state index is 6.50. The number of nitrogens with zero attached hydrogens (tertiary/aromatic N) is 2. The van der Waals surface area contributed by atoms with Crippen LogP contribution in [0.25, 0.3) is 88.1 Å². The van der Waals surface area contributed by atoms with Gasteiger partial charge >= 0.3 is 0 Å². The second-order valence-electron chi connectivity index (χ2n) is 21.9. The number of aromatic nitrogens is 2. The Morgan fingerprint density at radius 2 is 0.663 bits per heavy atom. The van der Waals surface area contributed by atoms with Crippen molar-refractivity contribution in [2.75, 3.05) is 0 Å². The van der Waals surface area contributed by atoms with Crippen molar-refractivity contribution in [3.8, 4) is 22.5 Å². The standard InChI is InChI=1S/C78H54N2OSi2/c1-6-24-55(25-7-1)56-44-47-63(48-45-56)82(59-27-8-2-9-28-59,60-29-10-3-11-30-60)64-35-22-26-57(52-64)79-71-39-19-16-36-66(71)69-53-58(46-50-73(69)79)80-72-40-20-17-38-68(72)78-74(80)41-23-43-77(78)83(61-31-12-4-13-32-61,62-33-14-5-15-34-62)65-49-51-76-70(54-65)67-37-18-21-42-75(67)81-76/h1-54H. The quantitative estimate of drug-likeness (QED) is 0.0935. The zero-order valence-corrected chi connectivity index (χ0v) is 47.5. The number of benzene rings is 13. The molecule has 3 heterocycles. The van der Waals surface area contributed by atoms with E-state index in [1.807, 2.05) is 0 Å². The molecular weight excluding hydrogens is 1040 g/mol. The second-order valence-corrected chi connectivity index (χ2v) is 29.5. The van der Waals surface area contributed by atoms with Gasteiger partial charge in [-0.05, 0) is 113 Å². The number of rotatable bonds is 11. The summed E-state index contributed by atoms with van der Waals surface area (Å²) in [6.45, 7) is 0. The largest absolute Gasteiger partial charge is 0.456 e. The molecule has 0 saturated carbocycles. The van der Waals surface area contributed by atoms with Crippen molar-refractivity contribution in [1.82, 2.24) is 9.13 Å². The minimum absolute atomic E-state index is 0.901. The van der Waals surface area contributed by atoms with Crippen LogP contribution in [0.2, 0.25) is 0 Å². The van der Waals surface area contributed by atoms with Crippen LogP contribution in [0, 0.1) is 0 Å². The summed E-state index contributed by atoms with van der Waals surface area (Å²) in [6.07, 6.45) is 0. The third-order valence-corrected chi connectivity index (χ3v) is 27.2. The highest BCUT2D eigenvalue weighted by molar-refractivity contribution is 7.21. The monoisotopic (exact) mass is 1090 g/mol. The Morgan fingerprint density at radius 1 is 0.229 bits per heavy atom. The fraction of sp³-hybridized carbons (Fsp3) is 0. The average Bonchev–Trinajstić information content (AvgIpc) is 4.20. The lowest BCUT2D eigenvalue weighted by Crippen LogP contribution is -2.74. The number of hydrogen-bond acceptors (Lipinski definition) is 1.